The van der Waals surface area contributed by atoms with Crippen molar-refractivity contribution in [1.29, 1.82) is 0 Å². The molecule has 150 valence electrons. The number of rotatable bonds is 5. The Morgan fingerprint density at radius 2 is 1.96 bits per heavy atom. The van der Waals surface area contributed by atoms with E-state index in [0.717, 1.165) is 43.4 Å². The average molecular weight is 416 g/mol. The number of halogens is 1. The highest BCUT2D eigenvalue weighted by Crippen LogP contribution is 2.24. The number of sulfonamides is 1. The van der Waals surface area contributed by atoms with E-state index in [1.54, 1.807) is 4.90 Å². The molecule has 1 atom stereocenters. The first kappa shape index (κ1) is 20.5. The van der Waals surface area contributed by atoms with Crippen LogP contribution in [0.3, 0.4) is 0 Å². The van der Waals surface area contributed by atoms with Crippen molar-refractivity contribution in [1.82, 2.24) is 14.1 Å². The maximum atomic E-state index is 12.9. The largest absolute Gasteiger partial charge is 0.377 e. The fourth-order valence-electron chi connectivity index (χ4n) is 3.42. The van der Waals surface area contributed by atoms with Gasteiger partial charge < -0.3 is 9.64 Å². The number of benzene rings is 1. The molecule has 0 spiro atoms. The van der Waals surface area contributed by atoms with E-state index in [4.69, 9.17) is 16.3 Å². The molecule has 0 aliphatic carbocycles. The van der Waals surface area contributed by atoms with Crippen LogP contribution >= 0.6 is 11.6 Å². The minimum absolute atomic E-state index is 0.0669. The number of hydrogen-bond donors (Lipinski definition) is 0. The molecule has 2 heterocycles. The Kier molecular flexibility index (Phi) is 6.43. The second kappa shape index (κ2) is 8.45. The molecule has 2 saturated heterocycles. The topological polar surface area (TPSA) is 70.2 Å². The SMILES string of the molecule is CN(C)S(=O)(=O)c1ccc(Cl)c(C(=O)N2CCN(CC3CCCO3)CC2)c1. The van der Waals surface area contributed by atoms with Gasteiger partial charge in [0.2, 0.25) is 10.0 Å². The first-order chi connectivity index (χ1) is 12.8. The Hall–Kier alpha value is -1.19. The number of piperazine rings is 1. The van der Waals surface area contributed by atoms with Gasteiger partial charge in [0.25, 0.3) is 5.91 Å². The van der Waals surface area contributed by atoms with Crippen LogP contribution in [0.2, 0.25) is 5.02 Å². The highest BCUT2D eigenvalue weighted by atomic mass is 35.5. The van der Waals surface area contributed by atoms with Crippen molar-refractivity contribution in [3.8, 4) is 0 Å². The third kappa shape index (κ3) is 4.63. The zero-order chi connectivity index (χ0) is 19.6. The van der Waals surface area contributed by atoms with Gasteiger partial charge in [-0.25, -0.2) is 12.7 Å². The number of ether oxygens (including phenoxy) is 1. The first-order valence-electron chi connectivity index (χ1n) is 9.14. The zero-order valence-electron chi connectivity index (χ0n) is 15.7. The Labute approximate surface area is 165 Å². The van der Waals surface area contributed by atoms with Crippen LogP contribution < -0.4 is 0 Å². The molecule has 9 heteroatoms. The molecule has 3 rings (SSSR count). The van der Waals surface area contributed by atoms with Crippen LogP contribution in [0.1, 0.15) is 23.2 Å². The van der Waals surface area contributed by atoms with Crippen LogP contribution in [0.25, 0.3) is 0 Å². The average Bonchev–Trinajstić information content (AvgIpc) is 3.15. The Balaban J connectivity index is 1.67. The lowest BCUT2D eigenvalue weighted by molar-refractivity contribution is 0.0432. The van der Waals surface area contributed by atoms with E-state index < -0.39 is 10.0 Å². The fourth-order valence-corrected chi connectivity index (χ4v) is 4.55. The molecule has 1 aromatic rings. The van der Waals surface area contributed by atoms with Gasteiger partial charge in [0, 0.05) is 53.4 Å². The summed E-state index contributed by atoms with van der Waals surface area (Å²) in [5.41, 5.74) is 0.229. The first-order valence-corrected chi connectivity index (χ1v) is 11.0. The van der Waals surface area contributed by atoms with Gasteiger partial charge in [0.05, 0.1) is 21.6 Å². The molecule has 1 amide bonds. The summed E-state index contributed by atoms with van der Waals surface area (Å²) >= 11 is 6.20. The zero-order valence-corrected chi connectivity index (χ0v) is 17.3. The van der Waals surface area contributed by atoms with Gasteiger partial charge in [-0.15, -0.1) is 0 Å². The molecule has 0 saturated carbocycles. The van der Waals surface area contributed by atoms with E-state index in [9.17, 15) is 13.2 Å². The van der Waals surface area contributed by atoms with Gasteiger partial charge in [0.1, 0.15) is 0 Å². The summed E-state index contributed by atoms with van der Waals surface area (Å²) < 4.78 is 31.5. The molecule has 0 N–H and O–H groups in total. The minimum atomic E-state index is -3.62. The Morgan fingerprint density at radius 1 is 1.26 bits per heavy atom. The summed E-state index contributed by atoms with van der Waals surface area (Å²) in [6.45, 7) is 4.48. The smallest absolute Gasteiger partial charge is 0.255 e. The summed E-state index contributed by atoms with van der Waals surface area (Å²) in [6.07, 6.45) is 2.52. The van der Waals surface area contributed by atoms with Gasteiger partial charge in [-0.05, 0) is 31.0 Å². The van der Waals surface area contributed by atoms with Gasteiger partial charge in [-0.2, -0.15) is 0 Å². The summed E-state index contributed by atoms with van der Waals surface area (Å²) in [6, 6.07) is 4.27. The summed E-state index contributed by atoms with van der Waals surface area (Å²) in [5, 5.41) is 0.263. The van der Waals surface area contributed by atoms with Crippen LogP contribution in [0, 0.1) is 0 Å². The van der Waals surface area contributed by atoms with Gasteiger partial charge in [0.15, 0.2) is 0 Å². The number of carbonyl (C=O) groups is 1. The van der Waals surface area contributed by atoms with Gasteiger partial charge in [-0.3, -0.25) is 9.69 Å². The Morgan fingerprint density at radius 3 is 2.56 bits per heavy atom. The number of nitrogens with zero attached hydrogens (tertiary/aromatic N) is 3. The van der Waals surface area contributed by atoms with E-state index in [1.165, 1.54) is 32.3 Å². The lowest BCUT2D eigenvalue weighted by atomic mass is 10.1. The van der Waals surface area contributed by atoms with Crippen LogP contribution in [-0.2, 0) is 14.8 Å². The molecule has 0 aromatic heterocycles. The van der Waals surface area contributed by atoms with Crippen LogP contribution in [0.5, 0.6) is 0 Å². The number of amides is 1. The van der Waals surface area contributed by atoms with Crippen molar-refractivity contribution in [2.75, 3.05) is 53.4 Å². The molecule has 27 heavy (non-hydrogen) atoms. The number of hydrogen-bond acceptors (Lipinski definition) is 5. The van der Waals surface area contributed by atoms with E-state index in [0.29, 0.717) is 19.2 Å². The molecule has 0 bridgehead atoms. The maximum absolute atomic E-state index is 12.9. The van der Waals surface area contributed by atoms with E-state index in [2.05, 4.69) is 4.90 Å². The van der Waals surface area contributed by atoms with E-state index in [1.807, 2.05) is 0 Å². The quantitative estimate of drug-likeness (QED) is 0.729. The minimum Gasteiger partial charge on any atom is -0.377 e. The third-order valence-corrected chi connectivity index (χ3v) is 7.23. The molecule has 2 fully saturated rings. The van der Waals surface area contributed by atoms with Crippen molar-refractivity contribution < 1.29 is 17.9 Å². The standard InChI is InChI=1S/C18H26ClN3O4S/c1-20(2)27(24,25)15-5-6-17(19)16(12-15)18(23)22-9-7-21(8-10-22)13-14-4-3-11-26-14/h5-6,12,14H,3-4,7-11,13H2,1-2H3. The molecule has 2 aliphatic rings. The predicted molar refractivity (Wildman–Crippen MR) is 104 cm³/mol. The second-order valence-electron chi connectivity index (χ2n) is 7.16. The molecule has 0 radical (unpaired) electrons. The molecule has 2 aliphatic heterocycles. The molecule has 7 nitrogen and oxygen atoms in total. The lowest BCUT2D eigenvalue weighted by Gasteiger charge is -2.35. The molecule has 1 unspecified atom stereocenters. The highest BCUT2D eigenvalue weighted by molar-refractivity contribution is 7.89. The maximum Gasteiger partial charge on any atom is 0.255 e. The molecular weight excluding hydrogens is 390 g/mol. The van der Waals surface area contributed by atoms with E-state index in [-0.39, 0.29) is 21.4 Å². The summed E-state index contributed by atoms with van der Waals surface area (Å²) in [5.74, 6) is -0.229. The van der Waals surface area contributed by atoms with Crippen molar-refractivity contribution in [2.24, 2.45) is 0 Å². The predicted octanol–water partition coefficient (Wildman–Crippen LogP) is 1.53. The number of carbonyl (C=O) groups excluding carboxylic acids is 1. The molecule has 1 aromatic carbocycles. The highest BCUT2D eigenvalue weighted by Gasteiger charge is 2.27. The normalized spacial score (nSPS) is 21.8. The fraction of sp³-hybridized carbons (Fsp3) is 0.611. The second-order valence-corrected chi connectivity index (χ2v) is 9.72. The van der Waals surface area contributed by atoms with Crippen molar-refractivity contribution in [3.63, 3.8) is 0 Å². The van der Waals surface area contributed by atoms with Crippen molar-refractivity contribution in [3.05, 3.63) is 28.8 Å². The van der Waals surface area contributed by atoms with Crippen LogP contribution in [0.15, 0.2) is 23.1 Å². The van der Waals surface area contributed by atoms with Crippen LogP contribution in [0.4, 0.5) is 0 Å². The van der Waals surface area contributed by atoms with Crippen molar-refractivity contribution in [2.45, 2.75) is 23.8 Å². The Bertz CT molecular complexity index is 786. The third-order valence-electron chi connectivity index (χ3n) is 5.09. The van der Waals surface area contributed by atoms with Gasteiger partial charge >= 0.3 is 0 Å². The van der Waals surface area contributed by atoms with E-state index >= 15 is 0 Å². The summed E-state index contributed by atoms with van der Waals surface area (Å²) in [4.78, 5) is 17.0. The van der Waals surface area contributed by atoms with Crippen LogP contribution in [-0.4, -0.2) is 88.0 Å². The summed E-state index contributed by atoms with van der Waals surface area (Å²) in [7, 11) is -0.707. The molecular formula is C18H26ClN3O4S. The van der Waals surface area contributed by atoms with Gasteiger partial charge in [-0.1, -0.05) is 11.6 Å². The van der Waals surface area contributed by atoms with Crippen molar-refractivity contribution >= 4 is 27.5 Å². The lowest BCUT2D eigenvalue weighted by Crippen LogP contribution is -2.50. The monoisotopic (exact) mass is 415 g/mol.